The Morgan fingerprint density at radius 1 is 1.19 bits per heavy atom. The van der Waals surface area contributed by atoms with Gasteiger partial charge in [0.05, 0.1) is 0 Å². The normalized spacial score (nSPS) is 27.0. The lowest BCUT2D eigenvalue weighted by Crippen LogP contribution is -2.29. The molecule has 5 nitrogen and oxygen atoms in total. The van der Waals surface area contributed by atoms with Crippen molar-refractivity contribution in [1.82, 2.24) is 4.57 Å². The molecule has 0 radical (unpaired) electrons. The number of aromatic nitrogens is 1. The first-order valence-corrected chi connectivity index (χ1v) is 9.16. The van der Waals surface area contributed by atoms with E-state index in [4.69, 9.17) is 9.05 Å². The highest BCUT2D eigenvalue weighted by Gasteiger charge is 2.54. The minimum atomic E-state index is -3.43. The summed E-state index contributed by atoms with van der Waals surface area (Å²) in [4.78, 5) is 12.7. The van der Waals surface area contributed by atoms with Gasteiger partial charge in [-0.05, 0) is 30.9 Å². The Bertz CT molecular complexity index is 568. The minimum Gasteiger partial charge on any atom is -0.311 e. The van der Waals surface area contributed by atoms with Gasteiger partial charge in [0, 0.05) is 32.0 Å². The van der Waals surface area contributed by atoms with Gasteiger partial charge in [-0.3, -0.25) is 13.9 Å². The third-order valence-electron chi connectivity index (χ3n) is 4.96. The second kappa shape index (κ2) is 5.71. The van der Waals surface area contributed by atoms with Crippen LogP contribution in [-0.2, 0) is 13.6 Å². The fourth-order valence-corrected chi connectivity index (χ4v) is 5.74. The van der Waals surface area contributed by atoms with E-state index in [0.29, 0.717) is 5.92 Å². The SMILES string of the molecule is COP(=O)(OC)C1C(=O)n2cccc2C1C1CCCCC1. The maximum absolute atomic E-state index is 12.9. The summed E-state index contributed by atoms with van der Waals surface area (Å²) < 4.78 is 24.9. The average molecular weight is 311 g/mol. The van der Waals surface area contributed by atoms with E-state index in [1.165, 1.54) is 33.5 Å². The van der Waals surface area contributed by atoms with Crippen molar-refractivity contribution >= 4 is 13.5 Å². The lowest BCUT2D eigenvalue weighted by molar-refractivity contribution is 0.0901. The van der Waals surface area contributed by atoms with Crippen LogP contribution in [0, 0.1) is 5.92 Å². The van der Waals surface area contributed by atoms with Crippen LogP contribution in [0.4, 0.5) is 0 Å². The van der Waals surface area contributed by atoms with E-state index in [-0.39, 0.29) is 11.8 Å². The molecule has 1 aliphatic heterocycles. The predicted octanol–water partition coefficient (Wildman–Crippen LogP) is 3.66. The molecular weight excluding hydrogens is 289 g/mol. The number of nitrogens with zero attached hydrogens (tertiary/aromatic N) is 1. The van der Waals surface area contributed by atoms with Crippen LogP contribution in [0.25, 0.3) is 0 Å². The molecule has 21 heavy (non-hydrogen) atoms. The minimum absolute atomic E-state index is 0.0569. The molecule has 2 heterocycles. The Kier molecular flexibility index (Phi) is 4.08. The largest absolute Gasteiger partial charge is 0.343 e. The van der Waals surface area contributed by atoms with Crippen LogP contribution in [0.15, 0.2) is 18.3 Å². The summed E-state index contributed by atoms with van der Waals surface area (Å²) in [7, 11) is -0.699. The van der Waals surface area contributed by atoms with Gasteiger partial charge in [0.2, 0.25) is 5.91 Å². The van der Waals surface area contributed by atoms with E-state index in [1.54, 1.807) is 10.8 Å². The van der Waals surface area contributed by atoms with Gasteiger partial charge >= 0.3 is 7.60 Å². The Balaban J connectivity index is 2.03. The molecule has 0 saturated heterocycles. The number of carbonyl (C=O) groups is 1. The molecule has 2 aliphatic rings. The second-order valence-corrected chi connectivity index (χ2v) is 8.28. The molecule has 0 spiro atoms. The van der Waals surface area contributed by atoms with Crippen LogP contribution >= 0.6 is 7.60 Å². The molecule has 1 aromatic rings. The monoisotopic (exact) mass is 311 g/mol. The molecule has 116 valence electrons. The van der Waals surface area contributed by atoms with E-state index < -0.39 is 13.3 Å². The fraction of sp³-hybridized carbons (Fsp3) is 0.667. The molecule has 0 amide bonds. The molecule has 1 saturated carbocycles. The predicted molar refractivity (Wildman–Crippen MR) is 79.8 cm³/mol. The first kappa shape index (κ1) is 15.0. The zero-order valence-corrected chi connectivity index (χ0v) is 13.4. The van der Waals surface area contributed by atoms with Gasteiger partial charge in [-0.25, -0.2) is 0 Å². The molecule has 1 aromatic heterocycles. The lowest BCUT2D eigenvalue weighted by atomic mass is 9.78. The zero-order valence-electron chi connectivity index (χ0n) is 12.5. The summed E-state index contributed by atoms with van der Waals surface area (Å²) >= 11 is 0. The van der Waals surface area contributed by atoms with E-state index >= 15 is 0 Å². The maximum atomic E-state index is 12.9. The molecule has 1 aliphatic carbocycles. The van der Waals surface area contributed by atoms with Gasteiger partial charge in [0.1, 0.15) is 5.66 Å². The van der Waals surface area contributed by atoms with Crippen molar-refractivity contribution in [3.8, 4) is 0 Å². The van der Waals surface area contributed by atoms with Gasteiger partial charge in [-0.1, -0.05) is 19.3 Å². The van der Waals surface area contributed by atoms with Crippen molar-refractivity contribution in [2.75, 3.05) is 14.2 Å². The standard InChI is InChI=1S/C15H22NO4P/c1-19-21(18,20-2)14-13(11-7-4-3-5-8-11)12-9-6-10-16(12)15(14)17/h6,9-11,13-14H,3-5,7-8H2,1-2H3. The summed E-state index contributed by atoms with van der Waals surface area (Å²) in [6.45, 7) is 0. The van der Waals surface area contributed by atoms with Crippen molar-refractivity contribution in [3.63, 3.8) is 0 Å². The smallest absolute Gasteiger partial charge is 0.311 e. The van der Waals surface area contributed by atoms with Crippen LogP contribution in [0.1, 0.15) is 48.5 Å². The number of fused-ring (bicyclic) bond motifs is 1. The van der Waals surface area contributed by atoms with Crippen LogP contribution in [0.5, 0.6) is 0 Å². The fourth-order valence-electron chi connectivity index (χ4n) is 3.95. The Morgan fingerprint density at radius 2 is 1.86 bits per heavy atom. The third-order valence-corrected chi connectivity index (χ3v) is 7.20. The second-order valence-electron chi connectivity index (χ2n) is 5.91. The van der Waals surface area contributed by atoms with E-state index in [0.717, 1.165) is 18.5 Å². The third kappa shape index (κ3) is 2.32. The molecule has 6 heteroatoms. The molecule has 3 rings (SSSR count). The summed E-state index contributed by atoms with van der Waals surface area (Å²) in [5, 5.41) is 0. The lowest BCUT2D eigenvalue weighted by Gasteiger charge is -2.32. The van der Waals surface area contributed by atoms with Gasteiger partial charge < -0.3 is 9.05 Å². The molecule has 1 fully saturated rings. The van der Waals surface area contributed by atoms with Crippen molar-refractivity contribution in [3.05, 3.63) is 24.0 Å². The Morgan fingerprint density at radius 3 is 2.48 bits per heavy atom. The number of hydrogen-bond donors (Lipinski definition) is 0. The highest BCUT2D eigenvalue weighted by atomic mass is 31.2. The molecule has 2 atom stereocenters. The van der Waals surface area contributed by atoms with Crippen LogP contribution in [0.3, 0.4) is 0 Å². The summed E-state index contributed by atoms with van der Waals surface area (Å²) in [6.07, 6.45) is 7.50. The van der Waals surface area contributed by atoms with Crippen molar-refractivity contribution in [2.24, 2.45) is 5.92 Å². The Labute approximate surface area is 125 Å². The summed E-state index contributed by atoms with van der Waals surface area (Å²) in [5.41, 5.74) is 0.262. The first-order chi connectivity index (χ1) is 10.1. The number of rotatable bonds is 4. The topological polar surface area (TPSA) is 57.5 Å². The summed E-state index contributed by atoms with van der Waals surface area (Å²) in [6, 6.07) is 3.84. The molecule has 0 bridgehead atoms. The van der Waals surface area contributed by atoms with Crippen molar-refractivity contribution < 1.29 is 18.4 Å². The quantitative estimate of drug-likeness (QED) is 0.796. The van der Waals surface area contributed by atoms with Gasteiger partial charge in [0.25, 0.3) is 0 Å². The van der Waals surface area contributed by atoms with Gasteiger partial charge in [-0.2, -0.15) is 0 Å². The van der Waals surface area contributed by atoms with E-state index in [1.807, 2.05) is 12.1 Å². The highest BCUT2D eigenvalue weighted by molar-refractivity contribution is 7.55. The van der Waals surface area contributed by atoms with E-state index in [2.05, 4.69) is 0 Å². The zero-order chi connectivity index (χ0) is 15.0. The van der Waals surface area contributed by atoms with Gasteiger partial charge in [0.15, 0.2) is 0 Å². The van der Waals surface area contributed by atoms with Crippen LogP contribution in [0.2, 0.25) is 0 Å². The molecule has 2 unspecified atom stereocenters. The highest BCUT2D eigenvalue weighted by Crippen LogP contribution is 2.61. The molecule has 0 N–H and O–H groups in total. The number of carbonyl (C=O) groups excluding carboxylic acids is 1. The Hall–Kier alpha value is -0.900. The van der Waals surface area contributed by atoms with Crippen LogP contribution < -0.4 is 0 Å². The van der Waals surface area contributed by atoms with Crippen molar-refractivity contribution in [2.45, 2.75) is 43.7 Å². The molecular formula is C15H22NO4P. The van der Waals surface area contributed by atoms with E-state index in [9.17, 15) is 9.36 Å². The van der Waals surface area contributed by atoms with Gasteiger partial charge in [-0.15, -0.1) is 0 Å². The van der Waals surface area contributed by atoms with Crippen molar-refractivity contribution in [1.29, 1.82) is 0 Å². The van der Waals surface area contributed by atoms with Crippen LogP contribution in [-0.4, -0.2) is 30.4 Å². The molecule has 0 aromatic carbocycles. The average Bonchev–Trinajstić information content (AvgIpc) is 3.10. The first-order valence-electron chi connectivity index (χ1n) is 7.55. The summed E-state index contributed by atoms with van der Waals surface area (Å²) in [5.74, 6) is 0.165. The maximum Gasteiger partial charge on any atom is 0.343 e. The number of hydrogen-bond acceptors (Lipinski definition) is 4.